The molecule has 5 rings (SSSR count). The highest BCUT2D eigenvalue weighted by Crippen LogP contribution is 2.45. The highest BCUT2D eigenvalue weighted by atomic mass is 16.6. The summed E-state index contributed by atoms with van der Waals surface area (Å²) < 4.78 is 18.5. The average Bonchev–Trinajstić information content (AvgIpc) is 3.77. The number of urea groups is 1. The van der Waals surface area contributed by atoms with Crippen LogP contribution in [-0.4, -0.2) is 79.6 Å². The van der Waals surface area contributed by atoms with Gasteiger partial charge in [-0.25, -0.2) is 4.79 Å². The van der Waals surface area contributed by atoms with Crippen LogP contribution in [0, 0.1) is 5.92 Å². The molecule has 2 aliphatic rings. The number of carbonyl (C=O) groups is 1. The zero-order valence-corrected chi connectivity index (χ0v) is 25.2. The van der Waals surface area contributed by atoms with Crippen LogP contribution in [0.3, 0.4) is 0 Å². The molecule has 2 amide bonds. The zero-order chi connectivity index (χ0) is 29.6. The maximum atomic E-state index is 12.3. The summed E-state index contributed by atoms with van der Waals surface area (Å²) in [6.45, 7) is 9.82. The van der Waals surface area contributed by atoms with Gasteiger partial charge in [0.25, 0.3) is 0 Å². The second kappa shape index (κ2) is 13.6. The summed E-state index contributed by atoms with van der Waals surface area (Å²) in [6, 6.07) is 18.3. The molecule has 2 aliphatic heterocycles. The van der Waals surface area contributed by atoms with E-state index in [1.165, 1.54) is 5.56 Å². The summed E-state index contributed by atoms with van der Waals surface area (Å²) in [6.07, 6.45) is 3.52. The van der Waals surface area contributed by atoms with E-state index in [0.29, 0.717) is 18.2 Å². The number of carbonyl (C=O) groups excluding carboxylic acids is 1. The van der Waals surface area contributed by atoms with E-state index in [1.54, 1.807) is 13.3 Å². The van der Waals surface area contributed by atoms with Crippen molar-refractivity contribution in [3.63, 3.8) is 0 Å². The van der Waals surface area contributed by atoms with Crippen LogP contribution >= 0.6 is 0 Å². The molecule has 42 heavy (non-hydrogen) atoms. The monoisotopic (exact) mass is 573 g/mol. The lowest BCUT2D eigenvalue weighted by Crippen LogP contribution is -2.41. The van der Waals surface area contributed by atoms with Gasteiger partial charge in [-0.15, -0.1) is 0 Å². The van der Waals surface area contributed by atoms with Gasteiger partial charge in [0.15, 0.2) is 0 Å². The van der Waals surface area contributed by atoms with E-state index in [4.69, 9.17) is 14.2 Å². The van der Waals surface area contributed by atoms with Gasteiger partial charge in [0.05, 0.1) is 6.10 Å². The van der Waals surface area contributed by atoms with Gasteiger partial charge in [-0.1, -0.05) is 37.3 Å². The molecular formula is C33H43N5O4. The molecule has 0 aliphatic carbocycles. The smallest absolute Gasteiger partial charge is 0.319 e. The number of nitrogens with one attached hydrogen (secondary N) is 2. The molecule has 0 bridgehead atoms. The number of aromatic nitrogens is 1. The number of rotatable bonds is 6. The Balaban J connectivity index is 1.34. The van der Waals surface area contributed by atoms with E-state index in [9.17, 15) is 4.79 Å². The van der Waals surface area contributed by atoms with Gasteiger partial charge < -0.3 is 24.8 Å². The highest BCUT2D eigenvalue weighted by molar-refractivity contribution is 5.89. The molecular weight excluding hydrogens is 530 g/mol. The van der Waals surface area contributed by atoms with Crippen molar-refractivity contribution >= 4 is 11.7 Å². The number of fused-ring (bicyclic) bond motifs is 3. The summed E-state index contributed by atoms with van der Waals surface area (Å²) in [5.74, 6) is 1.07. The standard InChI is InChI=1S/C33H43N5O4/c1-22(2)35-33(39)36-27-12-13-29-28(17-27)31-32(42-31)37(4)21-30(40-5)23(3)19-38(15-16-41-29)20-24-8-10-25(11-9-24)26-7-6-14-34-18-26/h6-14,17-18,22-23,30-32H,15-16,19-21H2,1-5H3,(H2,35,36,39)/t23-,30-,31?,32?/m0/s1. The molecule has 9 nitrogen and oxygen atoms in total. The van der Waals surface area contributed by atoms with E-state index < -0.39 is 0 Å². The highest BCUT2D eigenvalue weighted by Gasteiger charge is 2.46. The predicted molar refractivity (Wildman–Crippen MR) is 164 cm³/mol. The van der Waals surface area contributed by atoms with Crippen LogP contribution in [0.15, 0.2) is 67.0 Å². The molecule has 1 aromatic heterocycles. The Labute approximate surface area is 249 Å². The van der Waals surface area contributed by atoms with Crippen molar-refractivity contribution in [2.24, 2.45) is 5.92 Å². The Morgan fingerprint density at radius 2 is 1.93 bits per heavy atom. The lowest BCUT2D eigenvalue weighted by molar-refractivity contribution is 0.00949. The number of benzene rings is 2. The molecule has 9 heteroatoms. The molecule has 224 valence electrons. The third kappa shape index (κ3) is 7.66. The van der Waals surface area contributed by atoms with Crippen LogP contribution in [0.5, 0.6) is 5.75 Å². The molecule has 2 N–H and O–H groups in total. The number of hydrogen-bond donors (Lipinski definition) is 2. The van der Waals surface area contributed by atoms with Crippen LogP contribution in [0.25, 0.3) is 11.1 Å². The number of amides is 2. The molecule has 2 aromatic carbocycles. The van der Waals surface area contributed by atoms with E-state index >= 15 is 0 Å². The topological polar surface area (TPSA) is 91.5 Å². The first kappa shape index (κ1) is 30.0. The fourth-order valence-corrected chi connectivity index (χ4v) is 5.59. The minimum Gasteiger partial charge on any atom is -0.492 e. The molecule has 0 radical (unpaired) electrons. The van der Waals surface area contributed by atoms with Gasteiger partial charge in [0.2, 0.25) is 0 Å². The molecule has 1 fully saturated rings. The van der Waals surface area contributed by atoms with Crippen molar-refractivity contribution in [2.45, 2.75) is 51.8 Å². The van der Waals surface area contributed by atoms with Crippen molar-refractivity contribution in [2.75, 3.05) is 45.7 Å². The van der Waals surface area contributed by atoms with Crippen molar-refractivity contribution in [1.82, 2.24) is 20.1 Å². The van der Waals surface area contributed by atoms with Crippen LogP contribution in [-0.2, 0) is 16.0 Å². The van der Waals surface area contributed by atoms with Gasteiger partial charge in [0.1, 0.15) is 24.7 Å². The normalized spacial score (nSPS) is 23.4. The second-order valence-electron chi connectivity index (χ2n) is 11.7. The van der Waals surface area contributed by atoms with Crippen LogP contribution in [0.4, 0.5) is 10.5 Å². The zero-order valence-electron chi connectivity index (χ0n) is 25.2. The second-order valence-corrected chi connectivity index (χ2v) is 11.7. The molecule has 0 spiro atoms. The lowest BCUT2D eigenvalue weighted by Gasteiger charge is -2.31. The number of anilines is 1. The first-order chi connectivity index (χ1) is 20.3. The van der Waals surface area contributed by atoms with Gasteiger partial charge in [-0.2, -0.15) is 0 Å². The van der Waals surface area contributed by atoms with Crippen LogP contribution in [0.1, 0.15) is 38.0 Å². The Morgan fingerprint density at radius 3 is 2.64 bits per heavy atom. The number of epoxide rings is 1. The first-order valence-corrected chi connectivity index (χ1v) is 14.7. The van der Waals surface area contributed by atoms with Crippen LogP contribution < -0.4 is 15.4 Å². The van der Waals surface area contributed by atoms with Crippen molar-refractivity contribution in [1.29, 1.82) is 0 Å². The number of ether oxygens (including phenoxy) is 3. The van der Waals surface area contributed by atoms with Crippen molar-refractivity contribution < 1.29 is 19.0 Å². The maximum absolute atomic E-state index is 12.3. The molecule has 3 aromatic rings. The summed E-state index contributed by atoms with van der Waals surface area (Å²) in [7, 11) is 3.86. The summed E-state index contributed by atoms with van der Waals surface area (Å²) >= 11 is 0. The third-order valence-corrected chi connectivity index (χ3v) is 7.87. The maximum Gasteiger partial charge on any atom is 0.319 e. The van der Waals surface area contributed by atoms with Gasteiger partial charge >= 0.3 is 6.03 Å². The average molecular weight is 574 g/mol. The minimum absolute atomic E-state index is 0.0455. The Hall–Kier alpha value is -3.50. The van der Waals surface area contributed by atoms with Crippen LogP contribution in [0.2, 0.25) is 0 Å². The van der Waals surface area contributed by atoms with E-state index in [2.05, 4.69) is 69.7 Å². The summed E-state index contributed by atoms with van der Waals surface area (Å²) in [5, 5.41) is 5.81. The van der Waals surface area contributed by atoms with Crippen molar-refractivity contribution in [3.05, 3.63) is 78.1 Å². The fraction of sp³-hybridized carbons (Fsp3) is 0.455. The predicted octanol–water partition coefficient (Wildman–Crippen LogP) is 5.15. The SMILES string of the molecule is CO[C@H]1CN(C)C2OC2c2cc(NC(=O)NC(C)C)ccc2OCCN(Cc2ccc(-c3cccnc3)cc2)C[C@@H]1C. The molecule has 1 saturated heterocycles. The quantitative estimate of drug-likeness (QED) is 0.394. The van der Waals surface area contributed by atoms with E-state index in [1.807, 2.05) is 44.3 Å². The number of likely N-dealkylation sites (N-methyl/N-ethyl adjacent to an activating group) is 1. The summed E-state index contributed by atoms with van der Waals surface area (Å²) in [4.78, 5) is 21.2. The van der Waals surface area contributed by atoms with E-state index in [-0.39, 0.29) is 30.5 Å². The van der Waals surface area contributed by atoms with Gasteiger partial charge in [-0.3, -0.25) is 14.8 Å². The van der Waals surface area contributed by atoms with Gasteiger partial charge in [-0.05, 0) is 67.8 Å². The van der Waals surface area contributed by atoms with Gasteiger partial charge in [0, 0.05) is 63.0 Å². The first-order valence-electron chi connectivity index (χ1n) is 14.7. The Morgan fingerprint density at radius 1 is 1.12 bits per heavy atom. The summed E-state index contributed by atoms with van der Waals surface area (Å²) in [5.41, 5.74) is 5.16. The molecule has 4 atom stereocenters. The fourth-order valence-electron chi connectivity index (χ4n) is 5.59. The number of hydrogen-bond acceptors (Lipinski definition) is 7. The minimum atomic E-state index is -0.234. The van der Waals surface area contributed by atoms with Crippen molar-refractivity contribution in [3.8, 4) is 16.9 Å². The molecule has 2 unspecified atom stereocenters. The lowest BCUT2D eigenvalue weighted by atomic mass is 10.0. The Bertz CT molecular complexity index is 1320. The number of methoxy groups -OCH3 is 1. The Kier molecular flexibility index (Phi) is 9.74. The largest absolute Gasteiger partial charge is 0.492 e. The molecule has 3 heterocycles. The van der Waals surface area contributed by atoms with E-state index in [0.717, 1.165) is 48.6 Å². The molecule has 0 saturated carbocycles. The number of nitrogens with zero attached hydrogens (tertiary/aromatic N) is 3. The third-order valence-electron chi connectivity index (χ3n) is 7.87. The number of pyridine rings is 1.